The molecule has 108 valence electrons. The standard InChI is InChI=1S/C15H24BrNO2/c1-10(18)11(2)19-13-6-7-14(16)12(8-13)9-17-15(3,4)5/h6-8,10-11,17-18H,9H2,1-5H3. The van der Waals surface area contributed by atoms with E-state index in [1.165, 1.54) is 0 Å². The van der Waals surface area contributed by atoms with Gasteiger partial charge in [0.25, 0.3) is 0 Å². The van der Waals surface area contributed by atoms with Crippen molar-refractivity contribution in [3.8, 4) is 5.75 Å². The lowest BCUT2D eigenvalue weighted by molar-refractivity contribution is 0.0604. The Morgan fingerprint density at radius 2 is 1.95 bits per heavy atom. The van der Waals surface area contributed by atoms with Crippen LogP contribution >= 0.6 is 15.9 Å². The summed E-state index contributed by atoms with van der Waals surface area (Å²) < 4.78 is 6.76. The Morgan fingerprint density at radius 3 is 2.47 bits per heavy atom. The molecule has 4 heteroatoms. The van der Waals surface area contributed by atoms with Gasteiger partial charge in [0.1, 0.15) is 11.9 Å². The number of halogens is 1. The number of hydrogen-bond acceptors (Lipinski definition) is 3. The highest BCUT2D eigenvalue weighted by molar-refractivity contribution is 9.10. The lowest BCUT2D eigenvalue weighted by Crippen LogP contribution is -2.35. The van der Waals surface area contributed by atoms with Crippen LogP contribution in [0.3, 0.4) is 0 Å². The van der Waals surface area contributed by atoms with E-state index in [0.717, 1.165) is 22.3 Å². The van der Waals surface area contributed by atoms with Gasteiger partial charge in [-0.1, -0.05) is 15.9 Å². The van der Waals surface area contributed by atoms with Crippen molar-refractivity contribution >= 4 is 15.9 Å². The third-order valence-corrected chi connectivity index (χ3v) is 3.60. The SMILES string of the molecule is CC(O)C(C)Oc1ccc(Br)c(CNC(C)(C)C)c1. The van der Waals surface area contributed by atoms with Gasteiger partial charge in [-0.2, -0.15) is 0 Å². The highest BCUT2D eigenvalue weighted by Crippen LogP contribution is 2.24. The van der Waals surface area contributed by atoms with Crippen molar-refractivity contribution in [2.24, 2.45) is 0 Å². The molecule has 1 aromatic rings. The van der Waals surface area contributed by atoms with Crippen molar-refractivity contribution in [1.29, 1.82) is 0 Å². The highest BCUT2D eigenvalue weighted by atomic mass is 79.9. The second-order valence-corrected chi connectivity index (χ2v) is 6.77. The second kappa shape index (κ2) is 6.73. The van der Waals surface area contributed by atoms with Gasteiger partial charge in [-0.25, -0.2) is 0 Å². The van der Waals surface area contributed by atoms with Gasteiger partial charge in [-0.3, -0.25) is 0 Å². The summed E-state index contributed by atoms with van der Waals surface area (Å²) >= 11 is 3.55. The van der Waals surface area contributed by atoms with Crippen molar-refractivity contribution in [3.63, 3.8) is 0 Å². The number of hydrogen-bond donors (Lipinski definition) is 2. The molecule has 0 amide bonds. The molecule has 1 aromatic carbocycles. The summed E-state index contributed by atoms with van der Waals surface area (Å²) in [5, 5.41) is 12.9. The normalized spacial score (nSPS) is 15.1. The predicted molar refractivity (Wildman–Crippen MR) is 82.5 cm³/mol. The Hall–Kier alpha value is -0.580. The first-order valence-corrected chi connectivity index (χ1v) is 7.36. The first kappa shape index (κ1) is 16.5. The molecule has 0 heterocycles. The van der Waals surface area contributed by atoms with Crippen molar-refractivity contribution < 1.29 is 9.84 Å². The predicted octanol–water partition coefficient (Wildman–Crippen LogP) is 3.49. The molecule has 19 heavy (non-hydrogen) atoms. The number of aliphatic hydroxyl groups excluding tert-OH is 1. The molecule has 0 aliphatic rings. The van der Waals surface area contributed by atoms with Crippen molar-refractivity contribution in [2.45, 2.75) is 58.9 Å². The van der Waals surface area contributed by atoms with Crippen LogP contribution in [-0.2, 0) is 6.54 Å². The van der Waals surface area contributed by atoms with Gasteiger partial charge in [-0.05, 0) is 58.4 Å². The molecule has 3 nitrogen and oxygen atoms in total. The summed E-state index contributed by atoms with van der Waals surface area (Å²) in [6, 6.07) is 5.88. The lowest BCUT2D eigenvalue weighted by atomic mass is 10.1. The first-order valence-electron chi connectivity index (χ1n) is 6.57. The van der Waals surface area contributed by atoms with E-state index in [4.69, 9.17) is 4.74 Å². The van der Waals surface area contributed by atoms with Crippen LogP contribution in [0.25, 0.3) is 0 Å². The number of benzene rings is 1. The summed E-state index contributed by atoms with van der Waals surface area (Å²) in [5.74, 6) is 0.780. The summed E-state index contributed by atoms with van der Waals surface area (Å²) in [6.45, 7) is 10.8. The fraction of sp³-hybridized carbons (Fsp3) is 0.600. The smallest absolute Gasteiger partial charge is 0.121 e. The van der Waals surface area contributed by atoms with Crippen LogP contribution in [0.2, 0.25) is 0 Å². The van der Waals surface area contributed by atoms with Gasteiger partial charge in [0.15, 0.2) is 0 Å². The van der Waals surface area contributed by atoms with Gasteiger partial charge in [0.2, 0.25) is 0 Å². The molecule has 0 saturated heterocycles. The fourth-order valence-corrected chi connectivity index (χ4v) is 1.82. The molecule has 2 N–H and O–H groups in total. The van der Waals surface area contributed by atoms with E-state index >= 15 is 0 Å². The Bertz CT molecular complexity index is 413. The largest absolute Gasteiger partial charge is 0.488 e. The van der Waals surface area contributed by atoms with Crippen molar-refractivity contribution in [3.05, 3.63) is 28.2 Å². The Balaban J connectivity index is 2.77. The second-order valence-electron chi connectivity index (χ2n) is 5.92. The van der Waals surface area contributed by atoms with Crippen molar-refractivity contribution in [2.75, 3.05) is 0 Å². The Labute approximate surface area is 124 Å². The van der Waals surface area contributed by atoms with Gasteiger partial charge in [-0.15, -0.1) is 0 Å². The molecule has 0 saturated carbocycles. The van der Waals surface area contributed by atoms with Crippen LogP contribution < -0.4 is 10.1 Å². The maximum absolute atomic E-state index is 9.47. The molecular formula is C15H24BrNO2. The Kier molecular flexibility index (Phi) is 5.83. The molecule has 0 bridgehead atoms. The molecule has 0 radical (unpaired) electrons. The van der Waals surface area contributed by atoms with Gasteiger partial charge >= 0.3 is 0 Å². The number of aliphatic hydroxyl groups is 1. The summed E-state index contributed by atoms with van der Waals surface area (Å²) in [5.41, 5.74) is 1.22. The maximum atomic E-state index is 9.47. The highest BCUT2D eigenvalue weighted by Gasteiger charge is 2.13. The topological polar surface area (TPSA) is 41.5 Å². The first-order chi connectivity index (χ1) is 8.69. The maximum Gasteiger partial charge on any atom is 0.121 e. The monoisotopic (exact) mass is 329 g/mol. The average molecular weight is 330 g/mol. The number of rotatable bonds is 5. The molecule has 0 fully saturated rings. The minimum atomic E-state index is -0.486. The molecule has 2 atom stereocenters. The molecule has 1 rings (SSSR count). The van der Waals surface area contributed by atoms with E-state index in [-0.39, 0.29) is 11.6 Å². The molecule has 0 aliphatic carbocycles. The third kappa shape index (κ3) is 5.93. The van der Waals surface area contributed by atoms with Crippen LogP contribution in [0, 0.1) is 0 Å². The zero-order valence-electron chi connectivity index (χ0n) is 12.3. The zero-order valence-corrected chi connectivity index (χ0v) is 13.9. The van der Waals surface area contributed by atoms with E-state index in [0.29, 0.717) is 0 Å². The quantitative estimate of drug-likeness (QED) is 0.868. The lowest BCUT2D eigenvalue weighted by Gasteiger charge is -2.22. The fourth-order valence-electron chi connectivity index (χ4n) is 1.43. The third-order valence-electron chi connectivity index (χ3n) is 2.83. The van der Waals surface area contributed by atoms with Gasteiger partial charge < -0.3 is 15.2 Å². The molecule has 0 spiro atoms. The minimum Gasteiger partial charge on any atom is -0.488 e. The van der Waals surface area contributed by atoms with Crippen LogP contribution in [-0.4, -0.2) is 22.9 Å². The van der Waals surface area contributed by atoms with Crippen molar-refractivity contribution in [1.82, 2.24) is 5.32 Å². The zero-order chi connectivity index (χ0) is 14.6. The van der Waals surface area contributed by atoms with Gasteiger partial charge in [0.05, 0.1) is 6.10 Å². The summed E-state index contributed by atoms with van der Waals surface area (Å²) in [7, 11) is 0. The van der Waals surface area contributed by atoms with E-state index < -0.39 is 6.10 Å². The van der Waals surface area contributed by atoms with Crippen LogP contribution in [0.15, 0.2) is 22.7 Å². The molecule has 0 aliphatic heterocycles. The van der Waals surface area contributed by atoms with E-state index in [9.17, 15) is 5.11 Å². The Morgan fingerprint density at radius 1 is 1.32 bits per heavy atom. The average Bonchev–Trinajstić information content (AvgIpc) is 2.28. The van der Waals surface area contributed by atoms with E-state index in [1.54, 1.807) is 6.92 Å². The van der Waals surface area contributed by atoms with Crippen LogP contribution in [0.5, 0.6) is 5.75 Å². The molecule has 0 aromatic heterocycles. The molecule has 2 unspecified atom stereocenters. The van der Waals surface area contributed by atoms with Crippen LogP contribution in [0.1, 0.15) is 40.2 Å². The number of ether oxygens (including phenoxy) is 1. The summed E-state index contributed by atoms with van der Waals surface area (Å²) in [4.78, 5) is 0. The van der Waals surface area contributed by atoms with E-state index in [2.05, 4.69) is 42.0 Å². The van der Waals surface area contributed by atoms with Gasteiger partial charge in [0, 0.05) is 16.6 Å². The number of nitrogens with one attached hydrogen (secondary N) is 1. The molecular weight excluding hydrogens is 306 g/mol. The van der Waals surface area contributed by atoms with Crippen LogP contribution in [0.4, 0.5) is 0 Å². The summed E-state index contributed by atoms with van der Waals surface area (Å²) in [6.07, 6.45) is -0.704. The minimum absolute atomic E-state index is 0.0726. The van der Waals surface area contributed by atoms with E-state index in [1.807, 2.05) is 25.1 Å².